The molecule has 0 unspecified atom stereocenters. The van der Waals surface area contributed by atoms with E-state index in [2.05, 4.69) is 20.3 Å². The molecule has 2 rings (SSSR count). The van der Waals surface area contributed by atoms with Gasteiger partial charge < -0.3 is 16.0 Å². The Morgan fingerprint density at radius 3 is 2.76 bits per heavy atom. The third-order valence-corrected chi connectivity index (χ3v) is 2.80. The molecular weight excluding hydrogens is 268 g/mol. The highest BCUT2D eigenvalue weighted by Crippen LogP contribution is 2.14. The lowest BCUT2D eigenvalue weighted by molar-refractivity contribution is 0.0951. The fourth-order valence-corrected chi connectivity index (χ4v) is 1.68. The first-order valence-corrected chi connectivity index (χ1v) is 6.55. The number of nitrogens with zero attached hydrogens (tertiary/aromatic N) is 4. The number of hydrogen-bond acceptors (Lipinski definition) is 6. The maximum atomic E-state index is 12.0. The molecule has 110 valence electrons. The van der Waals surface area contributed by atoms with Crippen molar-refractivity contribution >= 4 is 11.7 Å². The number of nitrogens with one attached hydrogen (secondary N) is 1. The summed E-state index contributed by atoms with van der Waals surface area (Å²) < 4.78 is 0. The Bertz CT molecular complexity index is 614. The average molecular weight is 286 g/mol. The minimum absolute atomic E-state index is 0.146. The first-order chi connectivity index (χ1) is 10.1. The Kier molecular flexibility index (Phi) is 4.78. The maximum Gasteiger partial charge on any atom is 0.256 e. The van der Waals surface area contributed by atoms with Gasteiger partial charge in [0.25, 0.3) is 5.91 Å². The van der Waals surface area contributed by atoms with Crippen molar-refractivity contribution in [3.8, 4) is 11.5 Å². The Labute approximate surface area is 123 Å². The van der Waals surface area contributed by atoms with E-state index in [-0.39, 0.29) is 17.3 Å². The third kappa shape index (κ3) is 3.96. The van der Waals surface area contributed by atoms with Crippen molar-refractivity contribution in [2.75, 3.05) is 32.9 Å². The summed E-state index contributed by atoms with van der Waals surface area (Å²) in [7, 11) is 3.87. The highest BCUT2D eigenvalue weighted by Gasteiger charge is 2.13. The van der Waals surface area contributed by atoms with Crippen molar-refractivity contribution in [3.63, 3.8) is 0 Å². The smallest absolute Gasteiger partial charge is 0.256 e. The van der Waals surface area contributed by atoms with Crippen LogP contribution in [0.4, 0.5) is 5.82 Å². The molecule has 2 aromatic heterocycles. The molecule has 1 amide bonds. The summed E-state index contributed by atoms with van der Waals surface area (Å²) in [5.74, 6) is 0.271. The largest absolute Gasteiger partial charge is 0.383 e. The molecular formula is C14H18N6O. The van der Waals surface area contributed by atoms with Crippen molar-refractivity contribution in [2.45, 2.75) is 0 Å². The molecule has 0 aliphatic carbocycles. The van der Waals surface area contributed by atoms with Crippen molar-refractivity contribution in [1.82, 2.24) is 25.2 Å². The fraction of sp³-hybridized carbons (Fsp3) is 0.286. The number of hydrogen-bond donors (Lipinski definition) is 2. The number of nitrogen functional groups attached to an aromatic ring is 1. The molecule has 3 N–H and O–H groups in total. The predicted octanol–water partition coefficient (Wildman–Crippen LogP) is 0.412. The van der Waals surface area contributed by atoms with E-state index in [0.29, 0.717) is 18.1 Å². The summed E-state index contributed by atoms with van der Waals surface area (Å²) in [4.78, 5) is 26.4. The van der Waals surface area contributed by atoms with Gasteiger partial charge in [0.2, 0.25) is 0 Å². The summed E-state index contributed by atoms with van der Waals surface area (Å²) in [5, 5.41) is 2.77. The minimum atomic E-state index is -0.276. The van der Waals surface area contributed by atoms with Crippen LogP contribution in [0.25, 0.3) is 11.5 Å². The molecule has 0 fully saturated rings. The quantitative estimate of drug-likeness (QED) is 0.826. The zero-order valence-corrected chi connectivity index (χ0v) is 12.1. The summed E-state index contributed by atoms with van der Waals surface area (Å²) >= 11 is 0. The average Bonchev–Trinajstić information content (AvgIpc) is 2.47. The lowest BCUT2D eigenvalue weighted by Gasteiger charge is -2.11. The number of nitrogens with two attached hydrogens (primary N) is 1. The molecule has 0 aliphatic rings. The second-order valence-corrected chi connectivity index (χ2v) is 4.77. The third-order valence-electron chi connectivity index (χ3n) is 2.80. The van der Waals surface area contributed by atoms with Gasteiger partial charge in [-0.05, 0) is 26.2 Å². The molecule has 0 aliphatic heterocycles. The highest BCUT2D eigenvalue weighted by atomic mass is 16.1. The highest BCUT2D eigenvalue weighted by molar-refractivity contribution is 5.98. The monoisotopic (exact) mass is 286 g/mol. The minimum Gasteiger partial charge on any atom is -0.383 e. The fourth-order valence-electron chi connectivity index (χ4n) is 1.68. The molecule has 2 aromatic rings. The van der Waals surface area contributed by atoms with Gasteiger partial charge in [-0.3, -0.25) is 9.78 Å². The number of rotatable bonds is 5. The van der Waals surface area contributed by atoms with Gasteiger partial charge in [0, 0.05) is 25.5 Å². The molecule has 21 heavy (non-hydrogen) atoms. The van der Waals surface area contributed by atoms with Gasteiger partial charge in [-0.1, -0.05) is 6.07 Å². The van der Waals surface area contributed by atoms with Gasteiger partial charge in [0.1, 0.15) is 11.5 Å². The van der Waals surface area contributed by atoms with Crippen LogP contribution in [0.15, 0.2) is 30.6 Å². The molecule has 0 radical (unpaired) electrons. The Balaban J connectivity index is 2.11. The maximum absolute atomic E-state index is 12.0. The number of aromatic nitrogens is 3. The van der Waals surface area contributed by atoms with Crippen LogP contribution in [-0.2, 0) is 0 Å². The normalized spacial score (nSPS) is 10.6. The van der Waals surface area contributed by atoms with Crippen molar-refractivity contribution in [2.24, 2.45) is 0 Å². The van der Waals surface area contributed by atoms with Gasteiger partial charge in [-0.15, -0.1) is 0 Å². The van der Waals surface area contributed by atoms with Gasteiger partial charge in [0.15, 0.2) is 5.82 Å². The van der Waals surface area contributed by atoms with Crippen LogP contribution >= 0.6 is 0 Å². The molecule has 0 bridgehead atoms. The summed E-state index contributed by atoms with van der Waals surface area (Å²) in [6, 6.07) is 5.43. The standard InChI is InChI=1S/C14H18N6O/c1-20(2)8-7-17-14(21)10-9-18-13(19-12(10)15)11-5-3-4-6-16-11/h3-6,9H,7-8H2,1-2H3,(H,17,21)(H2,15,18,19). The van der Waals surface area contributed by atoms with Gasteiger partial charge in [-0.25, -0.2) is 9.97 Å². The Hall–Kier alpha value is -2.54. The van der Waals surface area contributed by atoms with Gasteiger partial charge in [-0.2, -0.15) is 0 Å². The molecule has 0 saturated carbocycles. The number of pyridine rings is 1. The molecule has 7 heteroatoms. The number of anilines is 1. The SMILES string of the molecule is CN(C)CCNC(=O)c1cnc(-c2ccccn2)nc1N. The second kappa shape index (κ2) is 6.76. The first kappa shape index (κ1) is 14.9. The second-order valence-electron chi connectivity index (χ2n) is 4.77. The van der Waals surface area contributed by atoms with E-state index in [0.717, 1.165) is 6.54 Å². The van der Waals surface area contributed by atoms with Crippen LogP contribution in [0, 0.1) is 0 Å². The van der Waals surface area contributed by atoms with E-state index in [9.17, 15) is 4.79 Å². The van der Waals surface area contributed by atoms with Gasteiger partial charge >= 0.3 is 0 Å². The number of likely N-dealkylation sites (N-methyl/N-ethyl adjacent to an activating group) is 1. The first-order valence-electron chi connectivity index (χ1n) is 6.55. The van der Waals surface area contributed by atoms with Crippen LogP contribution in [-0.4, -0.2) is 52.9 Å². The lowest BCUT2D eigenvalue weighted by atomic mass is 10.2. The summed E-state index contributed by atoms with van der Waals surface area (Å²) in [5.41, 5.74) is 6.73. The van der Waals surface area contributed by atoms with E-state index in [4.69, 9.17) is 5.73 Å². The molecule has 0 aromatic carbocycles. The zero-order valence-electron chi connectivity index (χ0n) is 12.1. The molecule has 2 heterocycles. The van der Waals surface area contributed by atoms with E-state index in [1.165, 1.54) is 6.20 Å². The summed E-state index contributed by atoms with van der Waals surface area (Å²) in [6.45, 7) is 1.28. The van der Waals surface area contributed by atoms with Gasteiger partial charge in [0.05, 0.1) is 5.56 Å². The van der Waals surface area contributed by atoms with E-state index in [1.54, 1.807) is 18.3 Å². The van der Waals surface area contributed by atoms with Crippen LogP contribution in [0.5, 0.6) is 0 Å². The van der Waals surface area contributed by atoms with E-state index >= 15 is 0 Å². The van der Waals surface area contributed by atoms with Crippen LogP contribution in [0.2, 0.25) is 0 Å². The van der Waals surface area contributed by atoms with Crippen molar-refractivity contribution < 1.29 is 4.79 Å². The summed E-state index contributed by atoms with van der Waals surface area (Å²) in [6.07, 6.45) is 3.08. The number of amides is 1. The number of carbonyl (C=O) groups is 1. The van der Waals surface area contributed by atoms with Crippen LogP contribution in [0.3, 0.4) is 0 Å². The Morgan fingerprint density at radius 2 is 2.14 bits per heavy atom. The predicted molar refractivity (Wildman–Crippen MR) is 80.6 cm³/mol. The number of carbonyl (C=O) groups excluding carboxylic acids is 1. The molecule has 0 saturated heterocycles. The van der Waals surface area contributed by atoms with Crippen molar-refractivity contribution in [3.05, 3.63) is 36.2 Å². The van der Waals surface area contributed by atoms with Crippen molar-refractivity contribution in [1.29, 1.82) is 0 Å². The van der Waals surface area contributed by atoms with E-state index in [1.807, 2.05) is 25.1 Å². The zero-order chi connectivity index (χ0) is 15.2. The lowest BCUT2D eigenvalue weighted by Crippen LogP contribution is -2.32. The van der Waals surface area contributed by atoms with E-state index < -0.39 is 0 Å². The topological polar surface area (TPSA) is 97.0 Å². The van der Waals surface area contributed by atoms with Crippen LogP contribution in [0.1, 0.15) is 10.4 Å². The Morgan fingerprint density at radius 1 is 1.33 bits per heavy atom. The van der Waals surface area contributed by atoms with Crippen LogP contribution < -0.4 is 11.1 Å². The molecule has 0 atom stereocenters. The molecule has 7 nitrogen and oxygen atoms in total. The molecule has 0 spiro atoms.